The summed E-state index contributed by atoms with van der Waals surface area (Å²) in [7, 11) is 0. The number of ether oxygens (including phenoxy) is 1. The van der Waals surface area contributed by atoms with E-state index in [2.05, 4.69) is 53.4 Å². The second kappa shape index (κ2) is 13.8. The number of nitrogens with one attached hydrogen (secondary N) is 1. The molecule has 5 aliphatic rings. The number of carboxylic acid groups (broad SMARTS) is 1. The first-order valence-corrected chi connectivity index (χ1v) is 20.2. The van der Waals surface area contributed by atoms with E-state index in [0.717, 1.165) is 38.5 Å². The maximum atomic E-state index is 13.5. The standard InChI is InChI=1S/C43H71NO6/c1-11-28(45)17-23-44-34(46)24-43-20-14-29(27(2)3)37(43)30-12-13-32-40(8)18-16-33(50-36(49)26-38(4,5)25-35(47)48)39(6,7)31(40)15-19-42(32,10)41(30,9)21-22-43/h28-33,37,45H,2,11-26H2,1,3-10H3,(H,44,46)(H,47,48)/t28?,29-,30+,31-,32+,33-,37+,40-,41+,42+,43+/m0/s1. The molecule has 0 spiro atoms. The van der Waals surface area contributed by atoms with Crippen LogP contribution in [0.25, 0.3) is 0 Å². The number of amides is 1. The van der Waals surface area contributed by atoms with E-state index in [1.165, 1.54) is 31.3 Å². The van der Waals surface area contributed by atoms with Crippen molar-refractivity contribution in [2.45, 2.75) is 171 Å². The Kier molecular flexibility index (Phi) is 10.9. The molecule has 0 saturated heterocycles. The van der Waals surface area contributed by atoms with E-state index in [0.29, 0.717) is 55.4 Å². The van der Waals surface area contributed by atoms with Crippen LogP contribution in [0.3, 0.4) is 0 Å². The number of fused-ring (bicyclic) bond motifs is 7. The molecule has 5 saturated carbocycles. The number of hydrogen-bond donors (Lipinski definition) is 3. The van der Waals surface area contributed by atoms with Gasteiger partial charge in [-0.2, -0.15) is 0 Å². The highest BCUT2D eigenvalue weighted by Gasteiger charge is 2.71. The average Bonchev–Trinajstić information content (AvgIpc) is 3.37. The number of aliphatic hydroxyl groups excluding tert-OH is 1. The Balaban J connectivity index is 1.36. The smallest absolute Gasteiger partial charge is 0.306 e. The fourth-order valence-electron chi connectivity index (χ4n) is 13.8. The first-order valence-electron chi connectivity index (χ1n) is 20.2. The molecule has 0 aromatic rings. The quantitative estimate of drug-likeness (QED) is 0.139. The number of carboxylic acids is 1. The lowest BCUT2D eigenvalue weighted by atomic mass is 9.32. The van der Waals surface area contributed by atoms with E-state index < -0.39 is 11.4 Å². The minimum atomic E-state index is -0.887. The average molecular weight is 698 g/mol. The van der Waals surface area contributed by atoms with Gasteiger partial charge in [-0.25, -0.2) is 0 Å². The predicted octanol–water partition coefficient (Wildman–Crippen LogP) is 9.11. The molecular formula is C43H71NO6. The normalized spacial score (nSPS) is 41.1. The Labute approximate surface area is 303 Å². The minimum absolute atomic E-state index is 0.0223. The minimum Gasteiger partial charge on any atom is -0.481 e. The van der Waals surface area contributed by atoms with Gasteiger partial charge in [0.25, 0.3) is 0 Å². The van der Waals surface area contributed by atoms with Crippen LogP contribution < -0.4 is 5.32 Å². The fourth-order valence-corrected chi connectivity index (χ4v) is 13.8. The first-order chi connectivity index (χ1) is 23.2. The summed E-state index contributed by atoms with van der Waals surface area (Å²) in [5.74, 6) is 1.54. The van der Waals surface area contributed by atoms with Crippen LogP contribution in [0.2, 0.25) is 0 Å². The maximum absolute atomic E-state index is 13.5. The van der Waals surface area contributed by atoms with E-state index in [1.807, 2.05) is 20.8 Å². The molecule has 7 heteroatoms. The van der Waals surface area contributed by atoms with E-state index in [9.17, 15) is 24.6 Å². The Morgan fingerprint density at radius 3 is 2.24 bits per heavy atom. The Bertz CT molecular complexity index is 1320. The van der Waals surface area contributed by atoms with Gasteiger partial charge in [-0.05, 0) is 141 Å². The van der Waals surface area contributed by atoms with Gasteiger partial charge in [0.2, 0.25) is 5.91 Å². The molecule has 0 bridgehead atoms. The second-order valence-corrected chi connectivity index (χ2v) is 20.2. The van der Waals surface area contributed by atoms with Gasteiger partial charge >= 0.3 is 11.9 Å². The number of carbonyl (C=O) groups excluding carboxylic acids is 2. The van der Waals surface area contributed by atoms with Gasteiger partial charge < -0.3 is 20.3 Å². The van der Waals surface area contributed by atoms with Crippen molar-refractivity contribution in [3.8, 4) is 0 Å². The number of carbonyl (C=O) groups is 3. The van der Waals surface area contributed by atoms with Crippen molar-refractivity contribution in [2.24, 2.45) is 62.1 Å². The molecule has 284 valence electrons. The van der Waals surface area contributed by atoms with E-state index >= 15 is 0 Å². The van der Waals surface area contributed by atoms with Gasteiger partial charge in [-0.3, -0.25) is 14.4 Å². The third-order valence-electron chi connectivity index (χ3n) is 16.5. The highest BCUT2D eigenvalue weighted by atomic mass is 16.5. The summed E-state index contributed by atoms with van der Waals surface area (Å²) in [4.78, 5) is 38.1. The van der Waals surface area contributed by atoms with Crippen molar-refractivity contribution in [3.63, 3.8) is 0 Å². The number of allylic oxidation sites excluding steroid dienone is 1. The third kappa shape index (κ3) is 6.73. The van der Waals surface area contributed by atoms with Gasteiger partial charge in [0.1, 0.15) is 6.10 Å². The molecular weight excluding hydrogens is 626 g/mol. The summed E-state index contributed by atoms with van der Waals surface area (Å²) in [6.45, 7) is 25.4. The molecule has 1 amide bonds. The Hall–Kier alpha value is -1.89. The molecule has 11 atom stereocenters. The summed E-state index contributed by atoms with van der Waals surface area (Å²) >= 11 is 0. The van der Waals surface area contributed by atoms with Crippen LogP contribution in [-0.2, 0) is 19.1 Å². The summed E-state index contributed by atoms with van der Waals surface area (Å²) < 4.78 is 6.27. The van der Waals surface area contributed by atoms with E-state index in [1.54, 1.807) is 0 Å². The van der Waals surface area contributed by atoms with Crippen molar-refractivity contribution < 1.29 is 29.3 Å². The summed E-state index contributed by atoms with van der Waals surface area (Å²) in [6, 6.07) is 0. The molecule has 3 N–H and O–H groups in total. The van der Waals surface area contributed by atoms with Gasteiger partial charge in [-0.1, -0.05) is 67.5 Å². The molecule has 5 rings (SSSR count). The number of esters is 1. The topological polar surface area (TPSA) is 113 Å². The van der Waals surface area contributed by atoms with Crippen molar-refractivity contribution in [1.29, 1.82) is 0 Å². The third-order valence-corrected chi connectivity index (χ3v) is 16.5. The molecule has 0 radical (unpaired) electrons. The van der Waals surface area contributed by atoms with E-state index in [4.69, 9.17) is 4.74 Å². The number of aliphatic carboxylic acids is 1. The van der Waals surface area contributed by atoms with Crippen molar-refractivity contribution in [3.05, 3.63) is 12.2 Å². The molecule has 7 nitrogen and oxygen atoms in total. The van der Waals surface area contributed by atoms with Crippen molar-refractivity contribution in [1.82, 2.24) is 5.32 Å². The van der Waals surface area contributed by atoms with Gasteiger partial charge in [0.15, 0.2) is 0 Å². The molecule has 1 unspecified atom stereocenters. The molecule has 5 aliphatic carbocycles. The zero-order valence-corrected chi connectivity index (χ0v) is 33.1. The van der Waals surface area contributed by atoms with Crippen LogP contribution in [0.15, 0.2) is 12.2 Å². The van der Waals surface area contributed by atoms with Gasteiger partial charge in [0.05, 0.1) is 18.9 Å². The van der Waals surface area contributed by atoms with Crippen LogP contribution in [0.1, 0.15) is 159 Å². The number of aliphatic hydroxyl groups is 1. The van der Waals surface area contributed by atoms with Crippen LogP contribution in [-0.4, -0.2) is 46.8 Å². The molecule has 0 aliphatic heterocycles. The monoisotopic (exact) mass is 698 g/mol. The molecule has 0 aromatic heterocycles. The van der Waals surface area contributed by atoms with Crippen LogP contribution in [0.5, 0.6) is 0 Å². The highest BCUT2D eigenvalue weighted by molar-refractivity contribution is 5.77. The summed E-state index contributed by atoms with van der Waals surface area (Å²) in [5, 5.41) is 22.6. The molecule has 5 fully saturated rings. The zero-order valence-electron chi connectivity index (χ0n) is 33.1. The lowest BCUT2D eigenvalue weighted by Gasteiger charge is -2.73. The lowest BCUT2D eigenvalue weighted by Crippen LogP contribution is -2.67. The van der Waals surface area contributed by atoms with Gasteiger partial charge in [-0.15, -0.1) is 0 Å². The summed E-state index contributed by atoms with van der Waals surface area (Å²) in [6.07, 6.45) is 12.6. The molecule has 50 heavy (non-hydrogen) atoms. The van der Waals surface area contributed by atoms with Gasteiger partial charge in [0, 0.05) is 18.4 Å². The number of rotatable bonds is 12. The summed E-state index contributed by atoms with van der Waals surface area (Å²) in [5.41, 5.74) is 1.02. The SMILES string of the molecule is C=C(C)[C@@H]1CC[C@]2(CC(=O)NCCC(O)CC)CC[C@]3(C)[C@H](CC[C@@H]4[C@@]5(C)CC[C@H](OC(=O)CC(C)(C)CC(=O)O)C(C)(C)[C@@H]5CC[C@]43C)[C@@H]12. The van der Waals surface area contributed by atoms with Crippen molar-refractivity contribution >= 4 is 17.8 Å². The predicted molar refractivity (Wildman–Crippen MR) is 198 cm³/mol. The number of hydrogen-bond acceptors (Lipinski definition) is 5. The molecule has 0 aromatic carbocycles. The highest BCUT2D eigenvalue weighted by Crippen LogP contribution is 2.78. The first kappa shape index (κ1) is 39.3. The second-order valence-electron chi connectivity index (χ2n) is 20.2. The fraction of sp³-hybridized carbons (Fsp3) is 0.884. The largest absolute Gasteiger partial charge is 0.481 e. The lowest BCUT2D eigenvalue weighted by molar-refractivity contribution is -0.250. The van der Waals surface area contributed by atoms with Crippen molar-refractivity contribution in [2.75, 3.05) is 6.54 Å². The maximum Gasteiger partial charge on any atom is 0.306 e. The Morgan fingerprint density at radius 1 is 0.900 bits per heavy atom. The Morgan fingerprint density at radius 2 is 1.60 bits per heavy atom. The van der Waals surface area contributed by atoms with Crippen LogP contribution >= 0.6 is 0 Å². The zero-order chi connectivity index (χ0) is 37.1. The van der Waals surface area contributed by atoms with Crippen LogP contribution in [0.4, 0.5) is 0 Å². The van der Waals surface area contributed by atoms with E-state index in [-0.39, 0.29) is 64.0 Å². The van der Waals surface area contributed by atoms with Crippen LogP contribution in [0, 0.1) is 62.1 Å². The molecule has 0 heterocycles.